The van der Waals surface area contributed by atoms with Gasteiger partial charge in [-0.3, -0.25) is 4.79 Å². The smallest absolute Gasteiger partial charge is 0.341 e. The number of methoxy groups -OCH3 is 1. The van der Waals surface area contributed by atoms with E-state index in [-0.39, 0.29) is 5.91 Å². The molecule has 0 unspecified atom stereocenters. The van der Waals surface area contributed by atoms with Crippen LogP contribution in [0.15, 0.2) is 29.6 Å². The minimum Gasteiger partial charge on any atom is -0.488 e. The van der Waals surface area contributed by atoms with Crippen LogP contribution in [0, 0.1) is 27.7 Å². The number of ether oxygens (including phenoxy) is 2. The number of hydrogen-bond acceptors (Lipinski definition) is 6. The van der Waals surface area contributed by atoms with Gasteiger partial charge >= 0.3 is 5.97 Å². The van der Waals surface area contributed by atoms with E-state index in [9.17, 15) is 9.59 Å². The zero-order valence-corrected chi connectivity index (χ0v) is 18.7. The number of carbonyl (C=O) groups is 2. The lowest BCUT2D eigenvalue weighted by atomic mass is 10.1. The average Bonchev–Trinajstić information content (AvgIpc) is 3.26. The zero-order valence-electron chi connectivity index (χ0n) is 17.0. The fraction of sp³-hybridized carbons (Fsp3) is 0.273. The molecule has 0 radical (unpaired) electrons. The summed E-state index contributed by atoms with van der Waals surface area (Å²) in [7, 11) is 1.34. The Labute approximate surface area is 178 Å². The predicted molar refractivity (Wildman–Crippen MR) is 118 cm³/mol. The van der Waals surface area contributed by atoms with E-state index in [1.807, 2.05) is 57.3 Å². The molecule has 0 bridgehead atoms. The topological polar surface area (TPSA) is 64.6 Å². The normalized spacial score (nSPS) is 10.7. The van der Waals surface area contributed by atoms with Gasteiger partial charge in [0.25, 0.3) is 5.91 Å². The lowest BCUT2D eigenvalue weighted by Gasteiger charge is -2.10. The Balaban J connectivity index is 1.72. The van der Waals surface area contributed by atoms with Gasteiger partial charge in [-0.2, -0.15) is 0 Å². The van der Waals surface area contributed by atoms with Crippen LogP contribution in [0.5, 0.6) is 5.75 Å². The number of carbonyl (C=O) groups excluding carboxylic acids is 2. The van der Waals surface area contributed by atoms with Crippen molar-refractivity contribution in [1.82, 2.24) is 0 Å². The molecule has 0 aliphatic rings. The van der Waals surface area contributed by atoms with Gasteiger partial charge < -0.3 is 14.8 Å². The van der Waals surface area contributed by atoms with Crippen LogP contribution in [0.3, 0.4) is 0 Å². The van der Waals surface area contributed by atoms with Crippen LogP contribution in [-0.2, 0) is 11.3 Å². The van der Waals surface area contributed by atoms with Crippen molar-refractivity contribution in [2.45, 2.75) is 34.3 Å². The second kappa shape index (κ2) is 8.80. The van der Waals surface area contributed by atoms with Gasteiger partial charge in [-0.15, -0.1) is 22.7 Å². The number of aryl methyl sites for hydroxylation is 3. The molecule has 0 saturated heterocycles. The first-order valence-electron chi connectivity index (χ1n) is 9.08. The van der Waals surface area contributed by atoms with E-state index < -0.39 is 5.97 Å². The monoisotopic (exact) mass is 429 g/mol. The van der Waals surface area contributed by atoms with Crippen LogP contribution >= 0.6 is 22.7 Å². The van der Waals surface area contributed by atoms with Gasteiger partial charge in [0.2, 0.25) is 0 Å². The summed E-state index contributed by atoms with van der Waals surface area (Å²) in [5, 5.41) is 5.28. The van der Waals surface area contributed by atoms with Gasteiger partial charge in [0.15, 0.2) is 0 Å². The molecule has 5 nitrogen and oxygen atoms in total. The van der Waals surface area contributed by atoms with Crippen molar-refractivity contribution < 1.29 is 19.1 Å². The van der Waals surface area contributed by atoms with E-state index in [1.54, 1.807) is 0 Å². The van der Waals surface area contributed by atoms with Crippen LogP contribution in [0.4, 0.5) is 5.00 Å². The summed E-state index contributed by atoms with van der Waals surface area (Å²) in [5.41, 5.74) is 4.33. The Morgan fingerprint density at radius 3 is 2.45 bits per heavy atom. The number of hydrogen-bond donors (Lipinski definition) is 1. The first kappa shape index (κ1) is 21.1. The van der Waals surface area contributed by atoms with Crippen molar-refractivity contribution in [2.24, 2.45) is 0 Å². The van der Waals surface area contributed by atoms with Gasteiger partial charge in [-0.25, -0.2) is 4.79 Å². The molecular weight excluding hydrogens is 406 g/mol. The van der Waals surface area contributed by atoms with Crippen molar-refractivity contribution in [3.8, 4) is 5.75 Å². The third kappa shape index (κ3) is 4.52. The molecule has 1 N–H and O–H groups in total. The molecule has 2 heterocycles. The summed E-state index contributed by atoms with van der Waals surface area (Å²) in [6.07, 6.45) is 0. The molecular formula is C22H23NO4S2. The highest BCUT2D eigenvalue weighted by molar-refractivity contribution is 7.17. The molecule has 0 spiro atoms. The molecule has 0 aliphatic carbocycles. The molecule has 3 aromatic rings. The minimum absolute atomic E-state index is 0.250. The minimum atomic E-state index is -0.448. The third-order valence-corrected chi connectivity index (χ3v) is 6.77. The van der Waals surface area contributed by atoms with Crippen LogP contribution < -0.4 is 10.1 Å². The van der Waals surface area contributed by atoms with Crippen molar-refractivity contribution >= 4 is 39.6 Å². The quantitative estimate of drug-likeness (QED) is 0.514. The molecule has 7 heteroatoms. The number of rotatable bonds is 6. The highest BCUT2D eigenvalue weighted by Crippen LogP contribution is 2.33. The first-order valence-corrected chi connectivity index (χ1v) is 10.8. The molecule has 29 heavy (non-hydrogen) atoms. The maximum atomic E-state index is 12.7. The van der Waals surface area contributed by atoms with E-state index in [1.165, 1.54) is 29.8 Å². The second-order valence-electron chi connectivity index (χ2n) is 6.76. The zero-order chi connectivity index (χ0) is 21.1. The molecule has 0 fully saturated rings. The molecule has 1 amide bonds. The highest BCUT2D eigenvalue weighted by atomic mass is 32.1. The predicted octanol–water partition coefficient (Wildman–Crippen LogP) is 5.66. The lowest BCUT2D eigenvalue weighted by molar-refractivity contribution is 0.0601. The van der Waals surface area contributed by atoms with Gasteiger partial charge in [0.05, 0.1) is 17.6 Å². The fourth-order valence-electron chi connectivity index (χ4n) is 2.98. The standard InChI is InChI=1S/C22H23NO4S2/c1-12-7-6-8-13(2)19(12)27-10-16-9-17(28-11-16)20(24)23-21-18(22(25)26-5)14(3)15(4)29-21/h6-9,11H,10H2,1-5H3,(H,23,24). The summed E-state index contributed by atoms with van der Waals surface area (Å²) in [6, 6.07) is 7.84. The summed E-state index contributed by atoms with van der Waals surface area (Å²) >= 11 is 2.72. The van der Waals surface area contributed by atoms with Gasteiger partial charge in [-0.05, 0) is 55.8 Å². The molecule has 1 aromatic carbocycles. The summed E-state index contributed by atoms with van der Waals surface area (Å²) < 4.78 is 10.8. The van der Waals surface area contributed by atoms with Gasteiger partial charge in [0.1, 0.15) is 17.4 Å². The van der Waals surface area contributed by atoms with E-state index in [2.05, 4.69) is 5.32 Å². The van der Waals surface area contributed by atoms with Crippen molar-refractivity contribution in [2.75, 3.05) is 12.4 Å². The lowest BCUT2D eigenvalue weighted by Crippen LogP contribution is -2.13. The largest absolute Gasteiger partial charge is 0.488 e. The number of thiophene rings is 2. The number of para-hydroxylation sites is 1. The molecule has 0 saturated carbocycles. The van der Waals surface area contributed by atoms with Crippen molar-refractivity contribution in [1.29, 1.82) is 0 Å². The number of nitrogens with one attached hydrogen (secondary N) is 1. The third-order valence-electron chi connectivity index (χ3n) is 4.67. The van der Waals surface area contributed by atoms with E-state index in [0.717, 1.165) is 32.9 Å². The van der Waals surface area contributed by atoms with Crippen molar-refractivity contribution in [3.05, 3.63) is 67.2 Å². The number of amides is 1. The SMILES string of the molecule is COC(=O)c1c(NC(=O)c2cc(COc3c(C)cccc3C)cs2)sc(C)c1C. The van der Waals surface area contributed by atoms with E-state index >= 15 is 0 Å². The Morgan fingerprint density at radius 2 is 1.79 bits per heavy atom. The first-order chi connectivity index (χ1) is 13.8. The highest BCUT2D eigenvalue weighted by Gasteiger charge is 2.22. The van der Waals surface area contributed by atoms with Crippen LogP contribution in [0.2, 0.25) is 0 Å². The Kier molecular flexibility index (Phi) is 6.39. The molecule has 3 rings (SSSR count). The molecule has 0 atom stereocenters. The Morgan fingerprint density at radius 1 is 1.10 bits per heavy atom. The maximum Gasteiger partial charge on any atom is 0.341 e. The molecule has 152 valence electrons. The van der Waals surface area contributed by atoms with Crippen LogP contribution in [0.25, 0.3) is 0 Å². The Bertz CT molecular complexity index is 1040. The number of esters is 1. The fourth-order valence-corrected chi connectivity index (χ4v) is 4.82. The number of benzene rings is 1. The number of anilines is 1. The summed E-state index contributed by atoms with van der Waals surface area (Å²) in [6.45, 7) is 8.18. The maximum absolute atomic E-state index is 12.7. The van der Waals surface area contributed by atoms with Crippen molar-refractivity contribution in [3.63, 3.8) is 0 Å². The van der Waals surface area contributed by atoms with Gasteiger partial charge in [-0.1, -0.05) is 18.2 Å². The van der Waals surface area contributed by atoms with Crippen LogP contribution in [0.1, 0.15) is 47.2 Å². The summed E-state index contributed by atoms with van der Waals surface area (Å²) in [4.78, 5) is 26.3. The van der Waals surface area contributed by atoms with E-state index in [4.69, 9.17) is 9.47 Å². The van der Waals surface area contributed by atoms with Gasteiger partial charge in [0, 0.05) is 10.4 Å². The summed E-state index contributed by atoms with van der Waals surface area (Å²) in [5.74, 6) is 0.174. The average molecular weight is 430 g/mol. The molecule has 0 aliphatic heterocycles. The second-order valence-corrected chi connectivity index (χ2v) is 8.90. The Hall–Kier alpha value is -2.64. The van der Waals surface area contributed by atoms with E-state index in [0.29, 0.717) is 22.0 Å². The van der Waals surface area contributed by atoms with Crippen LogP contribution in [-0.4, -0.2) is 19.0 Å². The molecule has 2 aromatic heterocycles.